The van der Waals surface area contributed by atoms with Crippen molar-refractivity contribution in [1.29, 1.82) is 0 Å². The van der Waals surface area contributed by atoms with E-state index >= 15 is 0 Å². The summed E-state index contributed by atoms with van der Waals surface area (Å²) in [7, 11) is 0. The second-order valence-electron chi connectivity index (χ2n) is 8.03. The number of alkyl halides is 3. The lowest BCUT2D eigenvalue weighted by atomic mass is 10.1. The van der Waals surface area contributed by atoms with Gasteiger partial charge in [-0.2, -0.15) is 13.2 Å². The fourth-order valence-corrected chi connectivity index (χ4v) is 5.06. The number of hydrogen-bond acceptors (Lipinski definition) is 4. The van der Waals surface area contributed by atoms with E-state index in [0.717, 1.165) is 10.6 Å². The lowest BCUT2D eigenvalue weighted by Gasteiger charge is -2.15. The molecule has 0 aliphatic carbocycles. The Balaban J connectivity index is 1.89. The number of aromatic nitrogens is 3. The molecule has 7 nitrogen and oxygen atoms in total. The van der Waals surface area contributed by atoms with Gasteiger partial charge in [-0.05, 0) is 30.7 Å². The molecular formula is C24H16F3N3O4S. The van der Waals surface area contributed by atoms with Crippen LogP contribution in [0.4, 0.5) is 13.2 Å². The molecule has 35 heavy (non-hydrogen) atoms. The zero-order valence-corrected chi connectivity index (χ0v) is 18.8. The number of H-pyrrole nitrogens is 1. The summed E-state index contributed by atoms with van der Waals surface area (Å²) in [6.45, 7) is 1.30. The van der Waals surface area contributed by atoms with Crippen LogP contribution >= 0.6 is 11.3 Å². The topological polar surface area (TPSA) is 97.1 Å². The summed E-state index contributed by atoms with van der Waals surface area (Å²) >= 11 is 1.20. The molecule has 0 radical (unpaired) electrons. The smallest absolute Gasteiger partial charge is 0.416 e. The maximum Gasteiger partial charge on any atom is 0.416 e. The third-order valence-electron chi connectivity index (χ3n) is 5.81. The zero-order valence-electron chi connectivity index (χ0n) is 18.0. The van der Waals surface area contributed by atoms with E-state index in [1.54, 1.807) is 30.5 Å². The summed E-state index contributed by atoms with van der Waals surface area (Å²) in [5, 5.41) is 13.7. The average Bonchev–Trinajstić information content (AvgIpc) is 3.36. The highest BCUT2D eigenvalue weighted by Gasteiger charge is 2.34. The van der Waals surface area contributed by atoms with E-state index in [9.17, 15) is 32.7 Å². The number of rotatable bonds is 4. The van der Waals surface area contributed by atoms with Crippen molar-refractivity contribution in [2.75, 3.05) is 0 Å². The van der Waals surface area contributed by atoms with Gasteiger partial charge >= 0.3 is 17.8 Å². The molecule has 3 aromatic heterocycles. The van der Waals surface area contributed by atoms with Crippen LogP contribution in [0.25, 0.3) is 27.5 Å². The van der Waals surface area contributed by atoms with Crippen LogP contribution in [-0.4, -0.2) is 25.2 Å². The molecule has 2 aromatic carbocycles. The molecule has 2 N–H and O–H groups in total. The van der Waals surface area contributed by atoms with Crippen LogP contribution in [0.15, 0.2) is 62.8 Å². The molecule has 0 saturated carbocycles. The standard InChI is InChI=1S/C24H16F3N3O4S/c1-12-6-7-18-14(8-12)19(30-21(31)15-10-35-11-17(15)28-23(30)34)20(22(32)33)29(18)9-13-4-2-3-5-16(13)24(25,26)27/h2-8,10-11H,9H2,1H3,(H,28,34)(H,32,33). The van der Waals surface area contributed by atoms with E-state index in [2.05, 4.69) is 4.98 Å². The van der Waals surface area contributed by atoms with Crippen LogP contribution in [0.1, 0.15) is 27.2 Å². The van der Waals surface area contributed by atoms with Gasteiger partial charge in [0, 0.05) is 22.7 Å². The van der Waals surface area contributed by atoms with Crippen LogP contribution in [0.2, 0.25) is 0 Å². The summed E-state index contributed by atoms with van der Waals surface area (Å²) in [6.07, 6.45) is -4.65. The van der Waals surface area contributed by atoms with Crippen molar-refractivity contribution in [3.63, 3.8) is 0 Å². The maximum atomic E-state index is 13.7. The van der Waals surface area contributed by atoms with Crippen molar-refractivity contribution < 1.29 is 23.1 Å². The quantitative estimate of drug-likeness (QED) is 0.372. The maximum absolute atomic E-state index is 13.7. The van der Waals surface area contributed by atoms with E-state index in [1.165, 1.54) is 39.5 Å². The Kier molecular flexibility index (Phi) is 5.17. The molecule has 0 aliphatic rings. The van der Waals surface area contributed by atoms with Crippen molar-refractivity contribution in [2.45, 2.75) is 19.6 Å². The number of halogens is 3. The van der Waals surface area contributed by atoms with E-state index < -0.39 is 41.2 Å². The lowest BCUT2D eigenvalue weighted by molar-refractivity contribution is -0.138. The molecule has 0 bridgehead atoms. The Hall–Kier alpha value is -4.12. The molecule has 0 spiro atoms. The van der Waals surface area contributed by atoms with Gasteiger partial charge in [0.2, 0.25) is 0 Å². The Morgan fingerprint density at radius 2 is 1.83 bits per heavy atom. The van der Waals surface area contributed by atoms with Crippen molar-refractivity contribution >= 4 is 39.1 Å². The van der Waals surface area contributed by atoms with Crippen molar-refractivity contribution in [2.24, 2.45) is 0 Å². The first kappa shape index (κ1) is 22.7. The molecule has 11 heteroatoms. The molecule has 0 unspecified atom stereocenters. The fraction of sp³-hybridized carbons (Fsp3) is 0.125. The molecule has 5 rings (SSSR count). The number of aromatic amines is 1. The Bertz CT molecular complexity index is 1760. The molecular weight excluding hydrogens is 483 g/mol. The number of nitrogens with zero attached hydrogens (tertiary/aromatic N) is 2. The fourth-order valence-electron chi connectivity index (χ4n) is 4.31. The second-order valence-corrected chi connectivity index (χ2v) is 8.78. The molecule has 0 saturated heterocycles. The van der Waals surface area contributed by atoms with Gasteiger partial charge in [0.05, 0.1) is 27.7 Å². The number of aryl methyl sites for hydroxylation is 1. The minimum Gasteiger partial charge on any atom is -0.477 e. The first-order valence-electron chi connectivity index (χ1n) is 10.3. The Labute approximate surface area is 198 Å². The van der Waals surface area contributed by atoms with Crippen molar-refractivity contribution in [1.82, 2.24) is 14.1 Å². The highest BCUT2D eigenvalue weighted by Crippen LogP contribution is 2.35. The number of hydrogen-bond donors (Lipinski definition) is 2. The highest BCUT2D eigenvalue weighted by molar-refractivity contribution is 7.09. The predicted molar refractivity (Wildman–Crippen MR) is 126 cm³/mol. The van der Waals surface area contributed by atoms with Crippen LogP contribution in [0, 0.1) is 6.92 Å². The highest BCUT2D eigenvalue weighted by atomic mass is 32.1. The number of aromatic carboxylic acids is 1. The van der Waals surface area contributed by atoms with Crippen LogP contribution in [0.5, 0.6) is 0 Å². The van der Waals surface area contributed by atoms with Gasteiger partial charge in [0.15, 0.2) is 5.69 Å². The van der Waals surface area contributed by atoms with E-state index in [0.29, 0.717) is 11.1 Å². The van der Waals surface area contributed by atoms with Gasteiger partial charge in [-0.15, -0.1) is 11.3 Å². The largest absolute Gasteiger partial charge is 0.477 e. The molecule has 0 atom stereocenters. The number of thiophene rings is 1. The van der Waals surface area contributed by atoms with E-state index in [1.807, 2.05) is 0 Å². The summed E-state index contributed by atoms with van der Waals surface area (Å²) in [6, 6.07) is 9.73. The predicted octanol–water partition coefficient (Wildman–Crippen LogP) is 4.77. The second kappa shape index (κ2) is 7.98. The third kappa shape index (κ3) is 3.64. The summed E-state index contributed by atoms with van der Waals surface area (Å²) in [5.74, 6) is -1.49. The number of carboxylic acid groups (broad SMARTS) is 1. The number of carbonyl (C=O) groups is 1. The number of nitrogens with one attached hydrogen (secondary N) is 1. The molecule has 0 fully saturated rings. The first-order valence-corrected chi connectivity index (χ1v) is 11.2. The monoisotopic (exact) mass is 499 g/mol. The molecule has 0 aliphatic heterocycles. The molecule has 5 aromatic rings. The number of benzene rings is 2. The SMILES string of the molecule is Cc1ccc2c(c1)c(-n1c(=O)[nH]c3cscc3c1=O)c(C(=O)O)n2Cc1ccccc1C(F)(F)F. The summed E-state index contributed by atoms with van der Waals surface area (Å²) in [4.78, 5) is 41.3. The van der Waals surface area contributed by atoms with Crippen LogP contribution in [0.3, 0.4) is 0 Å². The van der Waals surface area contributed by atoms with Crippen molar-refractivity contribution in [3.8, 4) is 5.69 Å². The van der Waals surface area contributed by atoms with Crippen LogP contribution in [-0.2, 0) is 12.7 Å². The van der Waals surface area contributed by atoms with Gasteiger partial charge in [0.25, 0.3) is 5.56 Å². The first-order chi connectivity index (χ1) is 16.6. The molecule has 0 amide bonds. The minimum absolute atomic E-state index is 0.152. The lowest BCUT2D eigenvalue weighted by Crippen LogP contribution is -2.34. The number of carboxylic acids is 1. The van der Waals surface area contributed by atoms with E-state index in [-0.39, 0.29) is 27.5 Å². The number of fused-ring (bicyclic) bond motifs is 2. The Morgan fingerprint density at radius 3 is 2.54 bits per heavy atom. The van der Waals surface area contributed by atoms with Crippen LogP contribution < -0.4 is 11.2 Å². The van der Waals surface area contributed by atoms with Gasteiger partial charge in [0.1, 0.15) is 0 Å². The Morgan fingerprint density at radius 1 is 1.09 bits per heavy atom. The van der Waals surface area contributed by atoms with Gasteiger partial charge < -0.3 is 14.7 Å². The average molecular weight is 499 g/mol. The minimum atomic E-state index is -4.65. The summed E-state index contributed by atoms with van der Waals surface area (Å²) < 4.78 is 42.9. The molecule has 178 valence electrons. The molecule has 3 heterocycles. The normalized spacial score (nSPS) is 12.0. The van der Waals surface area contributed by atoms with Gasteiger partial charge in [-0.1, -0.05) is 29.8 Å². The van der Waals surface area contributed by atoms with E-state index in [4.69, 9.17) is 0 Å². The summed E-state index contributed by atoms with van der Waals surface area (Å²) in [5.41, 5.74) is -1.98. The van der Waals surface area contributed by atoms with Crippen molar-refractivity contribution in [3.05, 3.63) is 96.4 Å². The third-order valence-corrected chi connectivity index (χ3v) is 6.55. The van der Waals surface area contributed by atoms with Gasteiger partial charge in [-0.25, -0.2) is 14.2 Å². The van der Waals surface area contributed by atoms with Gasteiger partial charge in [-0.3, -0.25) is 4.79 Å². The zero-order chi connectivity index (χ0) is 25.1.